The SMILES string of the molecule is CS(C)(C)c1ccc(Cl)s1. The van der Waals surface area contributed by atoms with Crippen LogP contribution in [0, 0.1) is 0 Å². The Balaban J connectivity index is 2.96. The van der Waals surface area contributed by atoms with Crippen LogP contribution in [0.3, 0.4) is 0 Å². The average Bonchev–Trinajstić information content (AvgIpc) is 2.11. The van der Waals surface area contributed by atoms with Gasteiger partial charge >= 0.3 is 0 Å². The molecule has 0 aliphatic heterocycles. The molecule has 1 aromatic heterocycles. The molecule has 1 rings (SSSR count). The normalized spacial score (nSPS) is 13.6. The summed E-state index contributed by atoms with van der Waals surface area (Å²) in [6.45, 7) is 0. The van der Waals surface area contributed by atoms with E-state index in [2.05, 4.69) is 24.8 Å². The molecule has 0 radical (unpaired) electrons. The molecule has 0 amide bonds. The van der Waals surface area contributed by atoms with Crippen molar-refractivity contribution < 1.29 is 0 Å². The lowest BCUT2D eigenvalue weighted by molar-refractivity contribution is 1.68. The first-order chi connectivity index (χ1) is 4.50. The van der Waals surface area contributed by atoms with Crippen molar-refractivity contribution >= 4 is 33.0 Å². The third-order valence-corrected chi connectivity index (χ3v) is 5.27. The van der Waals surface area contributed by atoms with Crippen molar-refractivity contribution in [2.24, 2.45) is 0 Å². The molecule has 0 nitrogen and oxygen atoms in total. The van der Waals surface area contributed by atoms with Crippen LogP contribution >= 0.6 is 33.0 Å². The predicted molar refractivity (Wildman–Crippen MR) is 53.0 cm³/mol. The van der Waals surface area contributed by atoms with Gasteiger partial charge in [0, 0.05) is 4.21 Å². The summed E-state index contributed by atoms with van der Waals surface area (Å²) < 4.78 is 2.33. The topological polar surface area (TPSA) is 0 Å². The first-order valence-electron chi connectivity index (χ1n) is 2.94. The lowest BCUT2D eigenvalue weighted by Crippen LogP contribution is -1.87. The quantitative estimate of drug-likeness (QED) is 0.643. The van der Waals surface area contributed by atoms with Gasteiger partial charge in [-0.15, -0.1) is 11.3 Å². The first-order valence-corrected chi connectivity index (χ1v) is 6.99. The van der Waals surface area contributed by atoms with E-state index in [-0.39, 0.29) is 0 Å². The maximum atomic E-state index is 5.80. The molecule has 0 unspecified atom stereocenters. The van der Waals surface area contributed by atoms with Crippen LogP contribution in [0.1, 0.15) is 0 Å². The Kier molecular flexibility index (Phi) is 2.33. The monoisotopic (exact) mass is 194 g/mol. The molecule has 0 fully saturated rings. The largest absolute Gasteiger partial charge is 0.214 e. The fourth-order valence-corrected chi connectivity index (χ4v) is 3.29. The number of hydrogen-bond acceptors (Lipinski definition) is 1. The summed E-state index contributed by atoms with van der Waals surface area (Å²) in [5, 5.41) is 0. The van der Waals surface area contributed by atoms with Gasteiger partial charge in [-0.1, -0.05) is 11.6 Å². The van der Waals surface area contributed by atoms with E-state index in [9.17, 15) is 0 Å². The molecule has 0 saturated carbocycles. The molecule has 0 N–H and O–H groups in total. The van der Waals surface area contributed by atoms with Crippen molar-refractivity contribution in [1.29, 1.82) is 0 Å². The second-order valence-corrected chi connectivity index (χ2v) is 8.98. The van der Waals surface area contributed by atoms with E-state index in [0.717, 1.165) is 4.34 Å². The Morgan fingerprint density at radius 1 is 1.30 bits per heavy atom. The van der Waals surface area contributed by atoms with Gasteiger partial charge < -0.3 is 0 Å². The van der Waals surface area contributed by atoms with Crippen molar-refractivity contribution in [1.82, 2.24) is 0 Å². The number of halogens is 1. The van der Waals surface area contributed by atoms with E-state index in [1.54, 1.807) is 11.3 Å². The molecule has 3 heteroatoms. The van der Waals surface area contributed by atoms with Crippen LogP contribution in [0.4, 0.5) is 0 Å². The van der Waals surface area contributed by atoms with E-state index < -0.39 is 10.0 Å². The summed E-state index contributed by atoms with van der Waals surface area (Å²) in [4.78, 5) is 0. The van der Waals surface area contributed by atoms with Crippen molar-refractivity contribution in [3.8, 4) is 0 Å². The maximum absolute atomic E-state index is 5.80. The van der Waals surface area contributed by atoms with Crippen LogP contribution in [-0.4, -0.2) is 18.8 Å². The minimum atomic E-state index is -0.548. The van der Waals surface area contributed by atoms with Crippen molar-refractivity contribution in [3.05, 3.63) is 16.5 Å². The van der Waals surface area contributed by atoms with Gasteiger partial charge in [0.1, 0.15) is 0 Å². The van der Waals surface area contributed by atoms with Gasteiger partial charge in [0.25, 0.3) is 0 Å². The minimum Gasteiger partial charge on any atom is -0.214 e. The molecule has 0 aliphatic carbocycles. The second kappa shape index (κ2) is 2.76. The second-order valence-electron chi connectivity index (χ2n) is 2.90. The molecular formula is C7H11ClS2. The Hall–Kier alpha value is 0.340. The minimum absolute atomic E-state index is 0.548. The van der Waals surface area contributed by atoms with Crippen LogP contribution in [0.15, 0.2) is 16.3 Å². The maximum Gasteiger partial charge on any atom is 0.0939 e. The van der Waals surface area contributed by atoms with Gasteiger partial charge in [0.2, 0.25) is 0 Å². The van der Waals surface area contributed by atoms with Gasteiger partial charge in [-0.2, -0.15) is 0 Å². The van der Waals surface area contributed by atoms with E-state index in [4.69, 9.17) is 11.6 Å². The predicted octanol–water partition coefficient (Wildman–Crippen LogP) is 3.45. The number of hydrogen-bond donors (Lipinski definition) is 0. The Bertz CT molecular complexity index is 222. The highest BCUT2D eigenvalue weighted by atomic mass is 35.5. The molecule has 0 aromatic carbocycles. The van der Waals surface area contributed by atoms with Gasteiger partial charge in [-0.25, -0.2) is 10.0 Å². The Morgan fingerprint density at radius 2 is 1.90 bits per heavy atom. The Labute approximate surface area is 72.5 Å². The zero-order valence-corrected chi connectivity index (χ0v) is 8.74. The molecule has 1 heterocycles. The number of rotatable bonds is 1. The van der Waals surface area contributed by atoms with Crippen LogP contribution in [0.2, 0.25) is 4.34 Å². The van der Waals surface area contributed by atoms with Crippen LogP contribution in [-0.2, 0) is 0 Å². The molecule has 0 aliphatic rings. The van der Waals surface area contributed by atoms with E-state index in [0.29, 0.717) is 0 Å². The zero-order chi connectivity index (χ0) is 7.78. The summed E-state index contributed by atoms with van der Waals surface area (Å²) in [5.41, 5.74) is 0. The van der Waals surface area contributed by atoms with Gasteiger partial charge in [0.15, 0.2) is 0 Å². The van der Waals surface area contributed by atoms with Gasteiger partial charge in [-0.3, -0.25) is 0 Å². The molecule has 0 spiro atoms. The summed E-state index contributed by atoms with van der Waals surface area (Å²) in [7, 11) is -0.548. The molecule has 58 valence electrons. The highest BCUT2D eigenvalue weighted by molar-refractivity contribution is 8.33. The Morgan fingerprint density at radius 3 is 2.10 bits per heavy atom. The third kappa shape index (κ3) is 1.91. The molecule has 1 aromatic rings. The highest BCUT2D eigenvalue weighted by Crippen LogP contribution is 2.49. The highest BCUT2D eigenvalue weighted by Gasteiger charge is 2.09. The van der Waals surface area contributed by atoms with Crippen molar-refractivity contribution in [2.45, 2.75) is 4.21 Å². The van der Waals surface area contributed by atoms with Gasteiger partial charge in [-0.05, 0) is 30.9 Å². The molecule has 0 saturated heterocycles. The van der Waals surface area contributed by atoms with Crippen molar-refractivity contribution in [3.63, 3.8) is 0 Å². The molecule has 10 heavy (non-hydrogen) atoms. The van der Waals surface area contributed by atoms with Crippen LogP contribution in [0.25, 0.3) is 0 Å². The zero-order valence-electron chi connectivity index (χ0n) is 6.35. The standard InChI is InChI=1S/C7H11ClS2/c1-10(2,3)7-5-4-6(8)9-7/h4-5H,1-3H3. The fourth-order valence-electron chi connectivity index (χ4n) is 0.627. The summed E-state index contributed by atoms with van der Waals surface area (Å²) in [6, 6.07) is 4.10. The molecular weight excluding hydrogens is 184 g/mol. The summed E-state index contributed by atoms with van der Waals surface area (Å²) in [5.74, 6) is 0. The van der Waals surface area contributed by atoms with Crippen molar-refractivity contribution in [2.75, 3.05) is 18.8 Å². The van der Waals surface area contributed by atoms with E-state index >= 15 is 0 Å². The summed E-state index contributed by atoms with van der Waals surface area (Å²) in [6.07, 6.45) is 6.82. The first kappa shape index (κ1) is 8.44. The lowest BCUT2D eigenvalue weighted by Gasteiger charge is -2.22. The average molecular weight is 195 g/mol. The molecule has 0 atom stereocenters. The van der Waals surface area contributed by atoms with E-state index in [1.165, 1.54) is 4.21 Å². The van der Waals surface area contributed by atoms with E-state index in [1.807, 2.05) is 6.07 Å². The lowest BCUT2D eigenvalue weighted by atomic mass is 10.7. The van der Waals surface area contributed by atoms with Gasteiger partial charge in [0.05, 0.1) is 4.34 Å². The summed E-state index contributed by atoms with van der Waals surface area (Å²) >= 11 is 7.50. The number of thiophene rings is 1. The van der Waals surface area contributed by atoms with Crippen LogP contribution < -0.4 is 0 Å². The molecule has 0 bridgehead atoms. The third-order valence-electron chi connectivity index (χ3n) is 1.15. The van der Waals surface area contributed by atoms with Crippen LogP contribution in [0.5, 0.6) is 0 Å². The fraction of sp³-hybridized carbons (Fsp3) is 0.429. The smallest absolute Gasteiger partial charge is 0.0939 e.